The van der Waals surface area contributed by atoms with Crippen LogP contribution in [0.15, 0.2) is 0 Å². The van der Waals surface area contributed by atoms with Crippen LogP contribution in [0.5, 0.6) is 0 Å². The lowest BCUT2D eigenvalue weighted by Gasteiger charge is -2.42. The number of likely N-dealkylation sites (N-methyl/N-ethyl adjacent to an activating group) is 2. The van der Waals surface area contributed by atoms with Gasteiger partial charge in [0.05, 0.1) is 17.4 Å². The van der Waals surface area contributed by atoms with Crippen molar-refractivity contribution in [3.05, 3.63) is 0 Å². The maximum atomic E-state index is 14.6. The van der Waals surface area contributed by atoms with E-state index >= 15 is 0 Å². The van der Waals surface area contributed by atoms with Crippen LogP contribution < -0.4 is 10.6 Å². The second-order valence-corrected chi connectivity index (χ2v) is 22.1. The van der Waals surface area contributed by atoms with E-state index in [4.69, 9.17) is 0 Å². The van der Waals surface area contributed by atoms with Gasteiger partial charge in [-0.05, 0) is 47.8 Å². The highest BCUT2D eigenvalue weighted by atomic mass is 16.4. The van der Waals surface area contributed by atoms with Crippen LogP contribution >= 0.6 is 0 Å². The molecule has 0 spiro atoms. The average Bonchev–Trinajstić information content (AvgIpc) is 3.64. The molecule has 0 aromatic heterocycles. The summed E-state index contributed by atoms with van der Waals surface area (Å²) in [5.41, 5.74) is -3.61. The Kier molecular flexibility index (Phi) is 18.6. The monoisotopic (exact) mass is 845 g/mol. The number of carbonyl (C=O) groups is 7. The fourth-order valence-electron chi connectivity index (χ4n) is 9.99. The van der Waals surface area contributed by atoms with Crippen LogP contribution in [0.4, 0.5) is 0 Å². The quantitative estimate of drug-likeness (QED) is 0.118. The molecule has 12 heteroatoms. The molecule has 2 rings (SSSR count). The van der Waals surface area contributed by atoms with E-state index in [1.165, 1.54) is 11.3 Å². The van der Waals surface area contributed by atoms with E-state index in [0.717, 1.165) is 25.7 Å². The van der Waals surface area contributed by atoms with Gasteiger partial charge >= 0.3 is 5.97 Å². The standard InChI is InChI=1S/C48H84N4O8/c1-17-35(45(6,7)8)51(15)43(58)39(48(44(59)60)25-21-22-26-48)50-40(55)33(28-36(54)46(9,10)11)27-34(53)38(47(12,13)14)49-41(56)37(29(2)3)52(16)42(57)31(5)30(4)32-23-19-18-20-24-32/h29-33,35,37-39H,17-28H2,1-16H3,(H,49,56)(H,50,55)(H,59,60)/t30-,31-,33+,35-,37+,38-,39-/m1/s1. The summed E-state index contributed by atoms with van der Waals surface area (Å²) in [7, 11) is 3.29. The minimum Gasteiger partial charge on any atom is -0.481 e. The third kappa shape index (κ3) is 13.1. The maximum absolute atomic E-state index is 14.6. The molecule has 0 unspecified atom stereocenters. The lowest BCUT2D eigenvalue weighted by molar-refractivity contribution is -0.158. The molecule has 0 aromatic rings. The van der Waals surface area contributed by atoms with Gasteiger partial charge in [-0.1, -0.05) is 142 Å². The van der Waals surface area contributed by atoms with Gasteiger partial charge in [-0.25, -0.2) is 0 Å². The van der Waals surface area contributed by atoms with Crippen molar-refractivity contribution in [2.24, 2.45) is 51.2 Å². The molecule has 2 saturated carbocycles. The van der Waals surface area contributed by atoms with Gasteiger partial charge in [0.25, 0.3) is 0 Å². The highest BCUT2D eigenvalue weighted by molar-refractivity contribution is 5.99. The topological polar surface area (TPSA) is 170 Å². The smallest absolute Gasteiger partial charge is 0.312 e. The normalized spacial score (nSPS) is 19.9. The summed E-state index contributed by atoms with van der Waals surface area (Å²) in [6.45, 7) is 26.3. The third-order valence-corrected chi connectivity index (χ3v) is 14.0. The second kappa shape index (κ2) is 21.2. The van der Waals surface area contributed by atoms with Gasteiger partial charge in [-0.2, -0.15) is 0 Å². The van der Waals surface area contributed by atoms with Crippen molar-refractivity contribution in [1.29, 1.82) is 0 Å². The molecule has 60 heavy (non-hydrogen) atoms. The fraction of sp³-hybridized carbons (Fsp3) is 0.854. The van der Waals surface area contributed by atoms with Crippen molar-refractivity contribution >= 4 is 41.2 Å². The zero-order valence-electron chi connectivity index (χ0n) is 40.4. The van der Waals surface area contributed by atoms with Crippen LogP contribution in [0.2, 0.25) is 0 Å². The van der Waals surface area contributed by atoms with Gasteiger partial charge in [0.2, 0.25) is 23.6 Å². The lowest BCUT2D eigenvalue weighted by atomic mass is 9.75. The van der Waals surface area contributed by atoms with E-state index in [1.54, 1.807) is 60.5 Å². The highest BCUT2D eigenvalue weighted by Gasteiger charge is 2.54. The number of carboxylic acid groups (broad SMARTS) is 1. The Morgan fingerprint density at radius 3 is 1.67 bits per heavy atom. The van der Waals surface area contributed by atoms with Crippen molar-refractivity contribution in [2.45, 2.75) is 198 Å². The van der Waals surface area contributed by atoms with Crippen molar-refractivity contribution in [3.8, 4) is 0 Å². The summed E-state index contributed by atoms with van der Waals surface area (Å²) in [5.74, 6) is -5.06. The molecule has 0 bridgehead atoms. The van der Waals surface area contributed by atoms with Crippen molar-refractivity contribution in [3.63, 3.8) is 0 Å². The SMILES string of the molecule is CC[C@@H](N(C)C(=O)[C@@H](NC(=O)[C@@H](CC(=O)[C@@H](NC(=O)[C@H](C(C)C)N(C)C(=O)[C@H](C)[C@@H](C)C1CCCCC1)C(C)(C)C)CC(=O)C(C)(C)C)C1(C(=O)O)CCCC1)C(C)(C)C. The number of Topliss-reactive ketones (excluding diaryl/α,β-unsaturated/α-hetero) is 2. The Bertz CT molecular complexity index is 1520. The molecule has 0 aliphatic heterocycles. The molecule has 2 aliphatic carbocycles. The number of carboxylic acids is 1. The van der Waals surface area contributed by atoms with Crippen molar-refractivity contribution in [1.82, 2.24) is 20.4 Å². The third-order valence-electron chi connectivity index (χ3n) is 14.0. The first-order valence-corrected chi connectivity index (χ1v) is 22.9. The van der Waals surface area contributed by atoms with Crippen LogP contribution in [0.3, 0.4) is 0 Å². The molecule has 0 aromatic carbocycles. The second-order valence-electron chi connectivity index (χ2n) is 22.1. The van der Waals surface area contributed by atoms with Crippen LogP contribution in [0.1, 0.15) is 174 Å². The Hall–Kier alpha value is -3.31. The highest BCUT2D eigenvalue weighted by Crippen LogP contribution is 2.43. The van der Waals surface area contributed by atoms with E-state index in [1.807, 2.05) is 48.5 Å². The van der Waals surface area contributed by atoms with Gasteiger partial charge in [-0.3, -0.25) is 33.6 Å². The molecular weight excluding hydrogens is 761 g/mol. The molecule has 0 radical (unpaired) electrons. The minimum absolute atomic E-state index is 0.123. The molecule has 0 heterocycles. The molecule has 0 saturated heterocycles. The molecule has 2 aliphatic rings. The number of carbonyl (C=O) groups excluding carboxylic acids is 6. The lowest BCUT2D eigenvalue weighted by Crippen LogP contribution is -2.62. The Morgan fingerprint density at radius 1 is 0.700 bits per heavy atom. The Balaban J connectivity index is 2.53. The summed E-state index contributed by atoms with van der Waals surface area (Å²) < 4.78 is 0. The Labute approximate surface area is 362 Å². The van der Waals surface area contributed by atoms with Crippen LogP contribution in [0, 0.1) is 51.2 Å². The number of rotatable bonds is 19. The van der Waals surface area contributed by atoms with Crippen molar-refractivity contribution < 1.29 is 38.7 Å². The fourth-order valence-corrected chi connectivity index (χ4v) is 9.99. The van der Waals surface area contributed by atoms with Gasteiger partial charge in [0.1, 0.15) is 17.9 Å². The zero-order valence-corrected chi connectivity index (χ0v) is 40.4. The van der Waals surface area contributed by atoms with Crippen LogP contribution in [-0.2, 0) is 33.6 Å². The van der Waals surface area contributed by atoms with E-state index in [0.29, 0.717) is 25.2 Å². The van der Waals surface area contributed by atoms with Gasteiger partial charge in [-0.15, -0.1) is 0 Å². The first-order valence-electron chi connectivity index (χ1n) is 22.9. The summed E-state index contributed by atoms with van der Waals surface area (Å²) in [6.07, 6.45) is 7.07. The van der Waals surface area contributed by atoms with Gasteiger partial charge in [0.15, 0.2) is 5.78 Å². The summed E-state index contributed by atoms with van der Waals surface area (Å²) in [6, 6.07) is -3.68. The number of hydrogen-bond donors (Lipinski definition) is 3. The number of amides is 4. The first-order chi connectivity index (χ1) is 27.4. The molecule has 3 N–H and O–H groups in total. The zero-order chi connectivity index (χ0) is 46.3. The van der Waals surface area contributed by atoms with Crippen LogP contribution in [-0.4, -0.2) is 94.3 Å². The largest absolute Gasteiger partial charge is 0.481 e. The number of aliphatic carboxylic acids is 1. The predicted octanol–water partition coefficient (Wildman–Crippen LogP) is 7.85. The molecule has 344 valence electrons. The van der Waals surface area contributed by atoms with E-state index < -0.39 is 76.2 Å². The molecular formula is C48H84N4O8. The van der Waals surface area contributed by atoms with Crippen molar-refractivity contribution in [2.75, 3.05) is 14.1 Å². The van der Waals surface area contributed by atoms with Crippen LogP contribution in [0.25, 0.3) is 0 Å². The molecule has 7 atom stereocenters. The predicted molar refractivity (Wildman–Crippen MR) is 237 cm³/mol. The first kappa shape index (κ1) is 52.8. The maximum Gasteiger partial charge on any atom is 0.312 e. The number of nitrogens with zero attached hydrogens (tertiary/aromatic N) is 2. The number of ketones is 2. The van der Waals surface area contributed by atoms with Gasteiger partial charge in [0, 0.05) is 44.3 Å². The summed E-state index contributed by atoms with van der Waals surface area (Å²) in [4.78, 5) is 102. The van der Waals surface area contributed by atoms with Gasteiger partial charge < -0.3 is 25.5 Å². The molecule has 4 amide bonds. The van der Waals surface area contributed by atoms with E-state index in [-0.39, 0.29) is 60.2 Å². The molecule has 12 nitrogen and oxygen atoms in total. The van der Waals surface area contributed by atoms with E-state index in [2.05, 4.69) is 17.6 Å². The summed E-state index contributed by atoms with van der Waals surface area (Å²) >= 11 is 0. The number of hydrogen-bond acceptors (Lipinski definition) is 7. The Morgan fingerprint density at radius 2 is 1.23 bits per heavy atom. The summed E-state index contributed by atoms with van der Waals surface area (Å²) in [5, 5.41) is 16.5. The average molecular weight is 845 g/mol. The molecule has 2 fully saturated rings. The minimum atomic E-state index is -1.57. The number of nitrogens with one attached hydrogen (secondary N) is 2. The van der Waals surface area contributed by atoms with E-state index in [9.17, 15) is 38.7 Å².